The number of carboxylic acids is 1. The van der Waals surface area contributed by atoms with Crippen molar-refractivity contribution in [3.63, 3.8) is 0 Å². The summed E-state index contributed by atoms with van der Waals surface area (Å²) in [4.78, 5) is 11.2. The summed E-state index contributed by atoms with van der Waals surface area (Å²) in [6.45, 7) is 0.511. The number of methoxy groups -OCH3 is 1. The second-order valence-electron chi connectivity index (χ2n) is 2.52. The first-order chi connectivity index (χ1) is 6.13. The van der Waals surface area contributed by atoms with Crippen molar-refractivity contribution in [2.45, 2.75) is 13.0 Å². The molecule has 0 bridgehead atoms. The van der Waals surface area contributed by atoms with E-state index < -0.39 is 5.97 Å². The molecular formula is C8H9BrO3S. The number of carbonyl (C=O) groups is 1. The molecule has 1 N–H and O–H groups in total. The molecule has 0 aromatic carbocycles. The van der Waals surface area contributed by atoms with Gasteiger partial charge in [0, 0.05) is 17.6 Å². The molecule has 0 amide bonds. The fourth-order valence-corrected chi connectivity index (χ4v) is 2.68. The number of hydrogen-bond acceptors (Lipinski definition) is 3. The summed E-state index contributed by atoms with van der Waals surface area (Å²) in [6.07, 6.45) is 0.0764. The van der Waals surface area contributed by atoms with Crippen LogP contribution in [0, 0.1) is 0 Å². The van der Waals surface area contributed by atoms with Crippen LogP contribution in [0.2, 0.25) is 0 Å². The van der Waals surface area contributed by atoms with Crippen molar-refractivity contribution in [2.75, 3.05) is 7.11 Å². The van der Waals surface area contributed by atoms with Gasteiger partial charge < -0.3 is 9.84 Å². The van der Waals surface area contributed by atoms with Crippen LogP contribution in [0.5, 0.6) is 0 Å². The molecule has 0 atom stereocenters. The zero-order chi connectivity index (χ0) is 9.84. The Balaban J connectivity index is 2.76. The van der Waals surface area contributed by atoms with Gasteiger partial charge in [0.15, 0.2) is 0 Å². The smallest absolute Gasteiger partial charge is 0.308 e. The van der Waals surface area contributed by atoms with Gasteiger partial charge in [-0.25, -0.2) is 0 Å². The lowest BCUT2D eigenvalue weighted by Crippen LogP contribution is -1.97. The van der Waals surface area contributed by atoms with E-state index in [1.807, 2.05) is 6.07 Å². The van der Waals surface area contributed by atoms with Gasteiger partial charge in [0.05, 0.1) is 16.8 Å². The molecule has 1 heterocycles. The van der Waals surface area contributed by atoms with E-state index in [-0.39, 0.29) is 6.42 Å². The minimum Gasteiger partial charge on any atom is -0.481 e. The van der Waals surface area contributed by atoms with E-state index in [9.17, 15) is 4.79 Å². The zero-order valence-electron chi connectivity index (χ0n) is 7.04. The van der Waals surface area contributed by atoms with Gasteiger partial charge in [0.1, 0.15) is 0 Å². The highest BCUT2D eigenvalue weighted by atomic mass is 79.9. The number of rotatable bonds is 4. The highest BCUT2D eigenvalue weighted by Gasteiger charge is 2.08. The standard InChI is InChI=1S/C8H9BrO3S/c1-12-4-5-2-6(3-7(10)11)13-8(5)9/h2H,3-4H2,1H3,(H,10,11). The summed E-state index contributed by atoms with van der Waals surface area (Å²) in [5.74, 6) is -0.808. The Hall–Kier alpha value is -0.390. The number of thiophene rings is 1. The van der Waals surface area contributed by atoms with E-state index >= 15 is 0 Å². The Morgan fingerprint density at radius 2 is 2.46 bits per heavy atom. The SMILES string of the molecule is COCc1cc(CC(=O)O)sc1Br. The lowest BCUT2D eigenvalue weighted by atomic mass is 10.3. The van der Waals surface area contributed by atoms with Gasteiger partial charge in [0.25, 0.3) is 0 Å². The van der Waals surface area contributed by atoms with E-state index in [2.05, 4.69) is 15.9 Å². The van der Waals surface area contributed by atoms with Crippen LogP contribution in [0.4, 0.5) is 0 Å². The maximum Gasteiger partial charge on any atom is 0.308 e. The zero-order valence-corrected chi connectivity index (χ0v) is 9.44. The van der Waals surface area contributed by atoms with E-state index in [0.717, 1.165) is 14.2 Å². The van der Waals surface area contributed by atoms with Crippen LogP contribution < -0.4 is 0 Å². The molecule has 0 unspecified atom stereocenters. The summed E-state index contributed by atoms with van der Waals surface area (Å²) >= 11 is 4.79. The predicted octanol–water partition coefficient (Wildman–Crippen LogP) is 2.28. The lowest BCUT2D eigenvalue weighted by molar-refractivity contribution is -0.136. The molecule has 3 nitrogen and oxygen atoms in total. The average Bonchev–Trinajstić information content (AvgIpc) is 2.31. The summed E-state index contributed by atoms with van der Waals surface area (Å²) in [5.41, 5.74) is 1.00. The topological polar surface area (TPSA) is 46.5 Å². The molecule has 0 saturated carbocycles. The lowest BCUT2D eigenvalue weighted by Gasteiger charge is -1.93. The molecule has 0 fully saturated rings. The normalized spacial score (nSPS) is 10.3. The van der Waals surface area contributed by atoms with Crippen molar-refractivity contribution in [3.8, 4) is 0 Å². The number of ether oxygens (including phenoxy) is 1. The van der Waals surface area contributed by atoms with Crippen LogP contribution in [0.15, 0.2) is 9.85 Å². The Morgan fingerprint density at radius 3 is 3.00 bits per heavy atom. The molecule has 13 heavy (non-hydrogen) atoms. The summed E-state index contributed by atoms with van der Waals surface area (Å²) in [7, 11) is 1.61. The third-order valence-electron chi connectivity index (χ3n) is 1.43. The Kier molecular flexibility index (Phi) is 3.90. The first kappa shape index (κ1) is 10.7. The highest BCUT2D eigenvalue weighted by molar-refractivity contribution is 9.11. The maximum atomic E-state index is 10.4. The second kappa shape index (κ2) is 4.74. The van der Waals surface area contributed by atoms with E-state index in [1.54, 1.807) is 7.11 Å². The van der Waals surface area contributed by atoms with Gasteiger partial charge in [-0.1, -0.05) is 0 Å². The molecule has 72 valence electrons. The van der Waals surface area contributed by atoms with Crippen LogP contribution in [-0.2, 0) is 22.6 Å². The molecule has 0 aliphatic heterocycles. The molecule has 0 spiro atoms. The number of carboxylic acid groups (broad SMARTS) is 1. The fourth-order valence-electron chi connectivity index (χ4n) is 0.951. The number of halogens is 1. The molecule has 1 rings (SSSR count). The first-order valence-electron chi connectivity index (χ1n) is 3.61. The Bertz CT molecular complexity index is 308. The van der Waals surface area contributed by atoms with Gasteiger partial charge >= 0.3 is 5.97 Å². The molecule has 0 radical (unpaired) electrons. The minimum absolute atomic E-state index is 0.0764. The summed E-state index contributed by atoms with van der Waals surface area (Å²) < 4.78 is 5.91. The monoisotopic (exact) mass is 264 g/mol. The van der Waals surface area contributed by atoms with Crippen LogP contribution in [0.1, 0.15) is 10.4 Å². The summed E-state index contributed by atoms with van der Waals surface area (Å²) in [5, 5.41) is 8.56. The summed E-state index contributed by atoms with van der Waals surface area (Å²) in [6, 6.07) is 1.85. The number of aliphatic carboxylic acids is 1. The van der Waals surface area contributed by atoms with E-state index in [0.29, 0.717) is 6.61 Å². The van der Waals surface area contributed by atoms with Crippen molar-refractivity contribution in [1.82, 2.24) is 0 Å². The third kappa shape index (κ3) is 3.10. The van der Waals surface area contributed by atoms with Crippen molar-refractivity contribution in [3.05, 3.63) is 20.3 Å². The number of hydrogen-bond donors (Lipinski definition) is 1. The van der Waals surface area contributed by atoms with Crippen molar-refractivity contribution in [1.29, 1.82) is 0 Å². The molecule has 0 saturated heterocycles. The molecule has 0 aliphatic carbocycles. The average molecular weight is 265 g/mol. The van der Waals surface area contributed by atoms with Gasteiger partial charge in [-0.2, -0.15) is 0 Å². The van der Waals surface area contributed by atoms with Gasteiger partial charge in [-0.15, -0.1) is 11.3 Å². The first-order valence-corrected chi connectivity index (χ1v) is 5.22. The molecular weight excluding hydrogens is 256 g/mol. The van der Waals surface area contributed by atoms with Crippen LogP contribution >= 0.6 is 27.3 Å². The van der Waals surface area contributed by atoms with Crippen LogP contribution in [0.3, 0.4) is 0 Å². The fraction of sp³-hybridized carbons (Fsp3) is 0.375. The largest absolute Gasteiger partial charge is 0.481 e. The molecule has 1 aromatic heterocycles. The quantitative estimate of drug-likeness (QED) is 0.908. The molecule has 5 heteroatoms. The van der Waals surface area contributed by atoms with Crippen LogP contribution in [-0.4, -0.2) is 18.2 Å². The van der Waals surface area contributed by atoms with Crippen molar-refractivity contribution in [2.24, 2.45) is 0 Å². The van der Waals surface area contributed by atoms with Gasteiger partial charge in [-0.3, -0.25) is 4.79 Å². The highest BCUT2D eigenvalue weighted by Crippen LogP contribution is 2.28. The van der Waals surface area contributed by atoms with Gasteiger partial charge in [-0.05, 0) is 22.0 Å². The Labute approximate surface area is 88.5 Å². The Morgan fingerprint density at radius 1 is 1.77 bits per heavy atom. The minimum atomic E-state index is -0.808. The second-order valence-corrected chi connectivity index (χ2v) is 4.97. The van der Waals surface area contributed by atoms with Crippen LogP contribution in [0.25, 0.3) is 0 Å². The van der Waals surface area contributed by atoms with Gasteiger partial charge in [0.2, 0.25) is 0 Å². The van der Waals surface area contributed by atoms with E-state index in [1.165, 1.54) is 11.3 Å². The third-order valence-corrected chi connectivity index (χ3v) is 3.39. The maximum absolute atomic E-state index is 10.4. The predicted molar refractivity (Wildman–Crippen MR) is 54.1 cm³/mol. The van der Waals surface area contributed by atoms with E-state index in [4.69, 9.17) is 9.84 Å². The van der Waals surface area contributed by atoms with Crippen molar-refractivity contribution < 1.29 is 14.6 Å². The van der Waals surface area contributed by atoms with Crippen molar-refractivity contribution >= 4 is 33.2 Å². The molecule has 0 aliphatic rings. The molecule has 1 aromatic rings.